The third-order valence-electron chi connectivity index (χ3n) is 3.65. The fourth-order valence-electron chi connectivity index (χ4n) is 2.61. The van der Waals surface area contributed by atoms with E-state index in [0.717, 1.165) is 36.1 Å². The second kappa shape index (κ2) is 4.86. The first kappa shape index (κ1) is 11.9. The number of aryl methyl sites for hydroxylation is 1. The Bertz CT molecular complexity index is 548. The Morgan fingerprint density at radius 3 is 3.06 bits per heavy atom. The fraction of sp³-hybridized carbons (Fsp3) is 0.538. The summed E-state index contributed by atoms with van der Waals surface area (Å²) in [6, 6.07) is 2.51. The van der Waals surface area contributed by atoms with Crippen molar-refractivity contribution in [1.29, 1.82) is 0 Å². The van der Waals surface area contributed by atoms with E-state index >= 15 is 0 Å². The molecule has 0 saturated heterocycles. The maximum atomic E-state index is 5.86. The molecular formula is C13H16ClN3O. The number of hydrogen-bond acceptors (Lipinski definition) is 3. The molecule has 0 bridgehead atoms. The van der Waals surface area contributed by atoms with E-state index in [9.17, 15) is 0 Å². The van der Waals surface area contributed by atoms with Crippen LogP contribution >= 0.6 is 11.6 Å². The monoisotopic (exact) mass is 265 g/mol. The number of fused-ring (bicyclic) bond motifs is 1. The molecule has 1 aliphatic rings. The van der Waals surface area contributed by atoms with Gasteiger partial charge in [0.25, 0.3) is 0 Å². The van der Waals surface area contributed by atoms with Crippen LogP contribution in [0.25, 0.3) is 11.0 Å². The van der Waals surface area contributed by atoms with Crippen molar-refractivity contribution in [2.75, 3.05) is 13.0 Å². The molecule has 18 heavy (non-hydrogen) atoms. The maximum Gasteiger partial charge on any atom is 0.111 e. The summed E-state index contributed by atoms with van der Waals surface area (Å²) in [5.74, 6) is 1.66. The van der Waals surface area contributed by atoms with Gasteiger partial charge in [-0.05, 0) is 18.9 Å². The van der Waals surface area contributed by atoms with E-state index in [1.165, 1.54) is 0 Å². The zero-order valence-electron chi connectivity index (χ0n) is 10.3. The van der Waals surface area contributed by atoms with Gasteiger partial charge in [-0.3, -0.25) is 4.98 Å². The highest BCUT2D eigenvalue weighted by Gasteiger charge is 2.32. The van der Waals surface area contributed by atoms with Gasteiger partial charge in [0.1, 0.15) is 11.3 Å². The van der Waals surface area contributed by atoms with Gasteiger partial charge in [-0.25, -0.2) is 4.98 Å². The lowest BCUT2D eigenvalue weighted by Gasteiger charge is -2.36. The molecule has 0 unspecified atom stereocenters. The topological polar surface area (TPSA) is 39.9 Å². The van der Waals surface area contributed by atoms with Gasteiger partial charge in [-0.2, -0.15) is 0 Å². The first-order valence-electron chi connectivity index (χ1n) is 6.23. The minimum Gasteiger partial charge on any atom is -0.381 e. The second-order valence-corrected chi connectivity index (χ2v) is 5.06. The standard InChI is InChI=1S/C13H16ClN3O/c1-18-10-6-9(7-10)17-12-3-5-15-8-11(12)16-13(17)2-4-14/h3,5,8-10H,2,4,6-7H2,1H3. The lowest BCUT2D eigenvalue weighted by atomic mass is 9.88. The summed E-state index contributed by atoms with van der Waals surface area (Å²) in [5, 5.41) is 0. The van der Waals surface area contributed by atoms with Crippen LogP contribution < -0.4 is 0 Å². The van der Waals surface area contributed by atoms with E-state index in [1.807, 2.05) is 18.5 Å². The molecule has 2 aromatic heterocycles. The highest BCUT2D eigenvalue weighted by molar-refractivity contribution is 6.17. The van der Waals surface area contributed by atoms with Gasteiger partial charge in [0, 0.05) is 31.6 Å². The SMILES string of the molecule is COC1CC(n2c(CCCl)nc3cnccc32)C1. The van der Waals surface area contributed by atoms with Gasteiger partial charge in [0.2, 0.25) is 0 Å². The number of ether oxygens (including phenoxy) is 1. The van der Waals surface area contributed by atoms with Crippen molar-refractivity contribution in [3.63, 3.8) is 0 Å². The van der Waals surface area contributed by atoms with Gasteiger partial charge in [-0.1, -0.05) is 0 Å². The predicted octanol–water partition coefficient (Wildman–Crippen LogP) is 2.56. The number of hydrogen-bond donors (Lipinski definition) is 0. The number of alkyl halides is 1. The summed E-state index contributed by atoms with van der Waals surface area (Å²) in [6.07, 6.45) is 6.93. The van der Waals surface area contributed by atoms with Gasteiger partial charge in [0.15, 0.2) is 0 Å². The molecule has 2 aromatic rings. The van der Waals surface area contributed by atoms with Gasteiger partial charge in [-0.15, -0.1) is 11.6 Å². The second-order valence-electron chi connectivity index (χ2n) is 4.68. The largest absolute Gasteiger partial charge is 0.381 e. The van der Waals surface area contributed by atoms with Crippen LogP contribution in [0.5, 0.6) is 0 Å². The van der Waals surface area contributed by atoms with Gasteiger partial charge < -0.3 is 9.30 Å². The Morgan fingerprint density at radius 1 is 1.50 bits per heavy atom. The van der Waals surface area contributed by atoms with E-state index in [-0.39, 0.29) is 0 Å². The molecule has 0 aromatic carbocycles. The Kier molecular flexibility index (Phi) is 3.22. The van der Waals surface area contributed by atoms with Crippen molar-refractivity contribution in [2.45, 2.75) is 31.4 Å². The summed E-state index contributed by atoms with van der Waals surface area (Å²) in [4.78, 5) is 8.76. The van der Waals surface area contributed by atoms with Crippen LogP contribution in [0, 0.1) is 0 Å². The molecule has 4 nitrogen and oxygen atoms in total. The zero-order valence-corrected chi connectivity index (χ0v) is 11.1. The normalized spacial score (nSPS) is 23.2. The smallest absolute Gasteiger partial charge is 0.111 e. The summed E-state index contributed by atoms with van der Waals surface area (Å²) in [5.41, 5.74) is 2.11. The first-order valence-corrected chi connectivity index (χ1v) is 6.76. The van der Waals surface area contributed by atoms with Crippen molar-refractivity contribution in [1.82, 2.24) is 14.5 Å². The van der Waals surface area contributed by atoms with Crippen LogP contribution in [0.1, 0.15) is 24.7 Å². The summed E-state index contributed by atoms with van der Waals surface area (Å²) >= 11 is 5.86. The molecule has 0 radical (unpaired) electrons. The van der Waals surface area contributed by atoms with E-state index in [4.69, 9.17) is 16.3 Å². The summed E-state index contributed by atoms with van der Waals surface area (Å²) < 4.78 is 7.67. The quantitative estimate of drug-likeness (QED) is 0.798. The van der Waals surface area contributed by atoms with Crippen molar-refractivity contribution < 1.29 is 4.74 Å². The number of methoxy groups -OCH3 is 1. The molecule has 3 rings (SSSR count). The third kappa shape index (κ3) is 1.89. The van der Waals surface area contributed by atoms with Crippen LogP contribution in [-0.2, 0) is 11.2 Å². The molecule has 1 saturated carbocycles. The lowest BCUT2D eigenvalue weighted by Crippen LogP contribution is -2.33. The third-order valence-corrected chi connectivity index (χ3v) is 3.84. The molecule has 1 aliphatic carbocycles. The maximum absolute atomic E-state index is 5.86. The molecule has 2 heterocycles. The number of aromatic nitrogens is 3. The van der Waals surface area contributed by atoms with Crippen molar-refractivity contribution >= 4 is 22.6 Å². The lowest BCUT2D eigenvalue weighted by molar-refractivity contribution is 0.00664. The highest BCUT2D eigenvalue weighted by Crippen LogP contribution is 2.37. The molecule has 5 heteroatoms. The van der Waals surface area contributed by atoms with Crippen LogP contribution in [0.2, 0.25) is 0 Å². The van der Waals surface area contributed by atoms with E-state index in [1.54, 1.807) is 7.11 Å². The van der Waals surface area contributed by atoms with E-state index < -0.39 is 0 Å². The summed E-state index contributed by atoms with van der Waals surface area (Å²) in [7, 11) is 1.77. The number of pyridine rings is 1. The number of imidazole rings is 1. The molecule has 1 fully saturated rings. The number of rotatable bonds is 4. The Hall–Kier alpha value is -1.13. The molecule has 0 N–H and O–H groups in total. The van der Waals surface area contributed by atoms with Gasteiger partial charge in [0.05, 0.1) is 17.8 Å². The predicted molar refractivity (Wildman–Crippen MR) is 71.0 cm³/mol. The number of nitrogens with zero attached hydrogens (tertiary/aromatic N) is 3. The molecule has 0 amide bonds. The number of halogens is 1. The Labute approximate surface area is 111 Å². The average Bonchev–Trinajstić information content (AvgIpc) is 2.67. The first-order chi connectivity index (χ1) is 8.83. The van der Waals surface area contributed by atoms with Crippen LogP contribution in [0.4, 0.5) is 0 Å². The minimum atomic E-state index is 0.387. The van der Waals surface area contributed by atoms with Crippen molar-refractivity contribution in [3.05, 3.63) is 24.3 Å². The Balaban J connectivity index is 1.99. The van der Waals surface area contributed by atoms with Crippen LogP contribution in [0.3, 0.4) is 0 Å². The Morgan fingerprint density at radius 2 is 2.33 bits per heavy atom. The average molecular weight is 266 g/mol. The van der Waals surface area contributed by atoms with Crippen molar-refractivity contribution in [3.8, 4) is 0 Å². The van der Waals surface area contributed by atoms with Crippen LogP contribution in [0.15, 0.2) is 18.5 Å². The van der Waals surface area contributed by atoms with E-state index in [0.29, 0.717) is 18.0 Å². The fourth-order valence-corrected chi connectivity index (χ4v) is 2.78. The van der Waals surface area contributed by atoms with Crippen molar-refractivity contribution in [2.24, 2.45) is 0 Å². The van der Waals surface area contributed by atoms with Crippen LogP contribution in [-0.4, -0.2) is 33.6 Å². The molecule has 96 valence electrons. The molecule has 0 aliphatic heterocycles. The summed E-state index contributed by atoms with van der Waals surface area (Å²) in [6.45, 7) is 0. The van der Waals surface area contributed by atoms with E-state index in [2.05, 4.69) is 14.5 Å². The molecular weight excluding hydrogens is 250 g/mol. The molecule has 0 atom stereocenters. The zero-order chi connectivity index (χ0) is 12.5. The molecule has 0 spiro atoms. The minimum absolute atomic E-state index is 0.387. The highest BCUT2D eigenvalue weighted by atomic mass is 35.5. The van der Waals surface area contributed by atoms with Gasteiger partial charge >= 0.3 is 0 Å².